The van der Waals surface area contributed by atoms with E-state index in [4.69, 9.17) is 9.52 Å². The van der Waals surface area contributed by atoms with Crippen molar-refractivity contribution in [3.8, 4) is 0 Å². The molecule has 0 bridgehead atoms. The van der Waals surface area contributed by atoms with E-state index in [2.05, 4.69) is 5.32 Å². The molecule has 0 aliphatic heterocycles. The molecule has 1 aromatic carbocycles. The van der Waals surface area contributed by atoms with E-state index >= 15 is 0 Å². The maximum absolute atomic E-state index is 11.8. The predicted octanol–water partition coefficient (Wildman–Crippen LogP) is 1.39. The molecule has 2 N–H and O–H groups in total. The fourth-order valence-electron chi connectivity index (χ4n) is 1.76. The van der Waals surface area contributed by atoms with Crippen molar-refractivity contribution in [3.05, 3.63) is 46.3 Å². The summed E-state index contributed by atoms with van der Waals surface area (Å²) < 4.78 is 5.05. The smallest absolute Gasteiger partial charge is 0.349 e. The van der Waals surface area contributed by atoms with Crippen LogP contribution in [0.15, 0.2) is 39.5 Å². The number of hydrogen-bond acceptors (Lipinski definition) is 4. The summed E-state index contributed by atoms with van der Waals surface area (Å²) >= 11 is 0. The Morgan fingerprint density at radius 2 is 2.00 bits per heavy atom. The molecule has 2 rings (SSSR count). The van der Waals surface area contributed by atoms with Gasteiger partial charge in [-0.15, -0.1) is 0 Å². The van der Waals surface area contributed by atoms with E-state index < -0.39 is 17.5 Å². The summed E-state index contributed by atoms with van der Waals surface area (Å²) in [7, 11) is 0. The zero-order chi connectivity index (χ0) is 14.5. The largest absolute Gasteiger partial charge is 0.481 e. The summed E-state index contributed by atoms with van der Waals surface area (Å²) in [5.41, 5.74) is -0.376. The van der Waals surface area contributed by atoms with Crippen LogP contribution < -0.4 is 10.9 Å². The van der Waals surface area contributed by atoms with Gasteiger partial charge in [0.25, 0.3) is 5.91 Å². The summed E-state index contributed by atoms with van der Waals surface area (Å²) in [6.07, 6.45) is 0.270. The molecule has 6 nitrogen and oxygen atoms in total. The minimum absolute atomic E-state index is 0.0351. The molecular weight excluding hydrogens is 262 g/mol. The molecule has 1 aromatic heterocycles. The number of para-hydroxylation sites is 1. The van der Waals surface area contributed by atoms with Crippen LogP contribution in [0.3, 0.4) is 0 Å². The van der Waals surface area contributed by atoms with Crippen molar-refractivity contribution in [2.45, 2.75) is 12.8 Å². The standard InChI is InChI=1S/C14H13NO5/c16-12(17)6-3-7-15-13(18)10-8-9-4-1-2-5-11(9)20-14(10)19/h1-2,4-5,8H,3,6-7H2,(H,15,18)(H,16,17). The van der Waals surface area contributed by atoms with Gasteiger partial charge in [-0.05, 0) is 18.6 Å². The summed E-state index contributed by atoms with van der Waals surface area (Å²) in [4.78, 5) is 33.9. The molecule has 6 heteroatoms. The number of carboxylic acids is 1. The van der Waals surface area contributed by atoms with E-state index in [0.29, 0.717) is 17.4 Å². The van der Waals surface area contributed by atoms with Crippen LogP contribution in [0.25, 0.3) is 11.0 Å². The molecule has 0 radical (unpaired) electrons. The normalized spacial score (nSPS) is 10.4. The van der Waals surface area contributed by atoms with E-state index in [9.17, 15) is 14.4 Å². The first-order valence-corrected chi connectivity index (χ1v) is 6.11. The van der Waals surface area contributed by atoms with Gasteiger partial charge in [-0.1, -0.05) is 18.2 Å². The molecule has 20 heavy (non-hydrogen) atoms. The van der Waals surface area contributed by atoms with E-state index in [1.54, 1.807) is 24.3 Å². The van der Waals surface area contributed by atoms with E-state index in [-0.39, 0.29) is 18.5 Å². The number of fused-ring (bicyclic) bond motifs is 1. The lowest BCUT2D eigenvalue weighted by atomic mass is 10.2. The molecule has 1 heterocycles. The molecule has 0 saturated carbocycles. The fraction of sp³-hybridized carbons (Fsp3) is 0.214. The highest BCUT2D eigenvalue weighted by Gasteiger charge is 2.13. The van der Waals surface area contributed by atoms with E-state index in [1.165, 1.54) is 6.07 Å². The van der Waals surface area contributed by atoms with Crippen molar-refractivity contribution in [3.63, 3.8) is 0 Å². The van der Waals surface area contributed by atoms with Crippen molar-refractivity contribution < 1.29 is 19.1 Å². The number of carboxylic acid groups (broad SMARTS) is 1. The van der Waals surface area contributed by atoms with Gasteiger partial charge in [0.05, 0.1) is 0 Å². The van der Waals surface area contributed by atoms with Crippen LogP contribution >= 0.6 is 0 Å². The molecule has 0 unspecified atom stereocenters. The Morgan fingerprint density at radius 3 is 2.75 bits per heavy atom. The first kappa shape index (κ1) is 13.8. The van der Waals surface area contributed by atoms with Crippen LogP contribution in [0.1, 0.15) is 23.2 Å². The summed E-state index contributed by atoms with van der Waals surface area (Å²) in [6.45, 7) is 0.192. The fourth-order valence-corrected chi connectivity index (χ4v) is 1.76. The first-order chi connectivity index (χ1) is 9.58. The Bertz CT molecular complexity index is 704. The molecular formula is C14H13NO5. The zero-order valence-electron chi connectivity index (χ0n) is 10.6. The molecule has 1 amide bonds. The van der Waals surface area contributed by atoms with Crippen LogP contribution in [-0.4, -0.2) is 23.5 Å². The third kappa shape index (κ3) is 3.23. The SMILES string of the molecule is O=C(O)CCCNC(=O)c1cc2ccccc2oc1=O. The molecule has 0 aliphatic rings. The minimum atomic E-state index is -0.926. The van der Waals surface area contributed by atoms with Gasteiger partial charge in [0.15, 0.2) is 0 Å². The third-order valence-electron chi connectivity index (χ3n) is 2.74. The van der Waals surface area contributed by atoms with Gasteiger partial charge in [-0.2, -0.15) is 0 Å². The molecule has 0 spiro atoms. The molecule has 0 atom stereocenters. The number of carbonyl (C=O) groups is 2. The molecule has 104 valence electrons. The van der Waals surface area contributed by atoms with Crippen molar-refractivity contribution >= 4 is 22.8 Å². The Hall–Kier alpha value is -2.63. The minimum Gasteiger partial charge on any atom is -0.481 e. The molecule has 2 aromatic rings. The summed E-state index contributed by atoms with van der Waals surface area (Å²) in [5, 5.41) is 11.6. The molecule has 0 saturated heterocycles. The lowest BCUT2D eigenvalue weighted by Crippen LogP contribution is -2.29. The number of amides is 1. The number of aliphatic carboxylic acids is 1. The van der Waals surface area contributed by atoms with Gasteiger partial charge in [-0.25, -0.2) is 4.79 Å². The average molecular weight is 275 g/mol. The van der Waals surface area contributed by atoms with E-state index in [1.807, 2.05) is 0 Å². The lowest BCUT2D eigenvalue weighted by Gasteiger charge is -2.04. The Morgan fingerprint density at radius 1 is 1.25 bits per heavy atom. The van der Waals surface area contributed by atoms with Crippen LogP contribution in [-0.2, 0) is 4.79 Å². The molecule has 0 aliphatic carbocycles. The monoisotopic (exact) mass is 275 g/mol. The van der Waals surface area contributed by atoms with Crippen molar-refractivity contribution in [2.75, 3.05) is 6.54 Å². The van der Waals surface area contributed by atoms with Crippen molar-refractivity contribution in [1.82, 2.24) is 5.32 Å². The highest BCUT2D eigenvalue weighted by atomic mass is 16.4. The third-order valence-corrected chi connectivity index (χ3v) is 2.74. The van der Waals surface area contributed by atoms with E-state index in [0.717, 1.165) is 0 Å². The lowest BCUT2D eigenvalue weighted by molar-refractivity contribution is -0.137. The van der Waals surface area contributed by atoms with Crippen molar-refractivity contribution in [2.24, 2.45) is 0 Å². The number of carbonyl (C=O) groups excluding carboxylic acids is 1. The summed E-state index contributed by atoms with van der Waals surface area (Å²) in [5.74, 6) is -1.49. The second kappa shape index (κ2) is 6.01. The van der Waals surface area contributed by atoms with Crippen LogP contribution in [0.2, 0.25) is 0 Å². The second-order valence-electron chi connectivity index (χ2n) is 4.24. The number of hydrogen-bond donors (Lipinski definition) is 2. The van der Waals surface area contributed by atoms with Crippen LogP contribution in [0.4, 0.5) is 0 Å². The van der Waals surface area contributed by atoms with Gasteiger partial charge >= 0.3 is 11.6 Å². The van der Waals surface area contributed by atoms with Gasteiger partial charge in [0.2, 0.25) is 0 Å². The van der Waals surface area contributed by atoms with Crippen molar-refractivity contribution in [1.29, 1.82) is 0 Å². The van der Waals surface area contributed by atoms with Gasteiger partial charge in [-0.3, -0.25) is 9.59 Å². The predicted molar refractivity (Wildman–Crippen MR) is 71.7 cm³/mol. The van der Waals surface area contributed by atoms with Gasteiger partial charge in [0.1, 0.15) is 11.1 Å². The van der Waals surface area contributed by atoms with Crippen LogP contribution in [0, 0.1) is 0 Å². The number of nitrogens with one attached hydrogen (secondary N) is 1. The average Bonchev–Trinajstić information content (AvgIpc) is 2.42. The Kier molecular flexibility index (Phi) is 4.14. The van der Waals surface area contributed by atoms with Crippen LogP contribution in [0.5, 0.6) is 0 Å². The summed E-state index contributed by atoms with van der Waals surface area (Å²) in [6, 6.07) is 8.35. The highest BCUT2D eigenvalue weighted by molar-refractivity contribution is 5.96. The topological polar surface area (TPSA) is 96.6 Å². The first-order valence-electron chi connectivity index (χ1n) is 6.11. The number of benzene rings is 1. The Labute approximate surface area is 114 Å². The van der Waals surface area contributed by atoms with Gasteiger partial charge in [0, 0.05) is 18.4 Å². The Balaban J connectivity index is 2.11. The number of rotatable bonds is 5. The molecule has 0 fully saturated rings. The van der Waals surface area contributed by atoms with Gasteiger partial charge < -0.3 is 14.8 Å². The zero-order valence-corrected chi connectivity index (χ0v) is 10.6. The maximum atomic E-state index is 11.8. The quantitative estimate of drug-likeness (QED) is 0.635. The highest BCUT2D eigenvalue weighted by Crippen LogP contribution is 2.12. The maximum Gasteiger partial charge on any atom is 0.349 e. The second-order valence-corrected chi connectivity index (χ2v) is 4.24.